The minimum atomic E-state index is -3.12. The summed E-state index contributed by atoms with van der Waals surface area (Å²) >= 11 is 3.48. The highest BCUT2D eigenvalue weighted by Gasteiger charge is 2.31. The molecular weight excluding hydrogens is 478 g/mol. The van der Waals surface area contributed by atoms with Crippen LogP contribution in [-0.2, 0) is 17.9 Å². The van der Waals surface area contributed by atoms with Crippen LogP contribution in [0, 0.1) is 30.9 Å². The number of nitrogens with one attached hydrogen (secondary N) is 1. The molecule has 0 fully saturated rings. The van der Waals surface area contributed by atoms with Crippen molar-refractivity contribution in [2.75, 3.05) is 5.32 Å². The van der Waals surface area contributed by atoms with Crippen LogP contribution in [0.2, 0.25) is 0 Å². The van der Waals surface area contributed by atoms with Crippen LogP contribution in [0.4, 0.5) is 20.2 Å². The fraction of sp³-hybridized carbons (Fsp3) is 0.316. The van der Waals surface area contributed by atoms with Gasteiger partial charge in [-0.05, 0) is 54.4 Å². The van der Waals surface area contributed by atoms with E-state index in [4.69, 9.17) is 0 Å². The Morgan fingerprint density at radius 3 is 2.48 bits per heavy atom. The van der Waals surface area contributed by atoms with E-state index >= 15 is 0 Å². The molecule has 0 bridgehead atoms. The summed E-state index contributed by atoms with van der Waals surface area (Å²) in [4.78, 5) is 22.6. The molecule has 3 rings (SSSR count). The number of nitro groups is 1. The zero-order valence-corrected chi connectivity index (χ0v) is 18.5. The second kappa shape index (κ2) is 8.92. The van der Waals surface area contributed by atoms with Crippen molar-refractivity contribution >= 4 is 33.2 Å². The Bertz CT molecular complexity index is 1160. The number of aromatic nitrogens is 4. The highest BCUT2D eigenvalue weighted by Crippen LogP contribution is 2.30. The molecule has 1 N–H and O–H groups in total. The maximum Gasteiger partial charge on any atom is 0.319 e. The number of alkyl halides is 2. The summed E-state index contributed by atoms with van der Waals surface area (Å²) in [6.45, 7) is 5.16. The van der Waals surface area contributed by atoms with Crippen LogP contribution in [0.5, 0.6) is 0 Å². The lowest BCUT2D eigenvalue weighted by molar-refractivity contribution is -0.386. The summed E-state index contributed by atoms with van der Waals surface area (Å²) in [6, 6.07) is 7.10. The molecule has 0 atom stereocenters. The molecule has 164 valence electrons. The number of halogens is 3. The number of anilines is 1. The zero-order valence-electron chi connectivity index (χ0n) is 16.9. The largest absolute Gasteiger partial charge is 0.324 e. The molecule has 0 saturated heterocycles. The van der Waals surface area contributed by atoms with Crippen LogP contribution >= 0.6 is 15.9 Å². The molecule has 2 heterocycles. The Kier molecular flexibility index (Phi) is 6.48. The van der Waals surface area contributed by atoms with E-state index in [0.29, 0.717) is 12.2 Å². The molecule has 0 spiro atoms. The lowest BCUT2D eigenvalue weighted by Crippen LogP contribution is -2.20. The molecular formula is C19H19BrF2N6O3. The first-order valence-corrected chi connectivity index (χ1v) is 9.96. The van der Waals surface area contributed by atoms with Gasteiger partial charge in [-0.1, -0.05) is 12.1 Å². The van der Waals surface area contributed by atoms with Crippen LogP contribution < -0.4 is 5.32 Å². The van der Waals surface area contributed by atoms with E-state index in [2.05, 4.69) is 31.4 Å². The smallest absolute Gasteiger partial charge is 0.319 e. The number of hydrogen-bond acceptors (Lipinski definition) is 5. The number of amides is 1. The quantitative estimate of drug-likeness (QED) is 0.387. The van der Waals surface area contributed by atoms with E-state index in [0.717, 1.165) is 26.1 Å². The van der Waals surface area contributed by atoms with E-state index in [9.17, 15) is 23.7 Å². The Morgan fingerprint density at radius 1 is 1.23 bits per heavy atom. The van der Waals surface area contributed by atoms with Crippen molar-refractivity contribution < 1.29 is 18.5 Å². The van der Waals surface area contributed by atoms with Crippen molar-refractivity contribution in [2.45, 2.75) is 40.3 Å². The van der Waals surface area contributed by atoms with Gasteiger partial charge in [0.25, 0.3) is 6.43 Å². The molecule has 0 aliphatic rings. The summed E-state index contributed by atoms with van der Waals surface area (Å²) in [5, 5.41) is 21.8. The zero-order chi connectivity index (χ0) is 22.9. The van der Waals surface area contributed by atoms with Gasteiger partial charge in [-0.2, -0.15) is 10.2 Å². The van der Waals surface area contributed by atoms with Gasteiger partial charge < -0.3 is 5.32 Å². The lowest BCUT2D eigenvalue weighted by atomic mass is 10.2. The number of benzene rings is 1. The number of aryl methyl sites for hydroxylation is 1. The molecule has 2 aromatic heterocycles. The highest BCUT2D eigenvalue weighted by atomic mass is 79.9. The first-order valence-electron chi connectivity index (χ1n) is 9.16. The van der Waals surface area contributed by atoms with Gasteiger partial charge in [0.15, 0.2) is 0 Å². The predicted octanol–water partition coefficient (Wildman–Crippen LogP) is 4.30. The number of carbonyl (C=O) groups excluding carboxylic acids is 1. The van der Waals surface area contributed by atoms with Gasteiger partial charge in [-0.15, -0.1) is 0 Å². The maximum atomic E-state index is 13.1. The van der Waals surface area contributed by atoms with E-state index in [1.165, 1.54) is 6.92 Å². The average molecular weight is 497 g/mol. The molecule has 3 aromatic rings. The van der Waals surface area contributed by atoms with Crippen molar-refractivity contribution in [2.24, 2.45) is 0 Å². The topological polar surface area (TPSA) is 108 Å². The number of carbonyl (C=O) groups is 1. The van der Waals surface area contributed by atoms with Crippen LogP contribution in [0.1, 0.15) is 34.8 Å². The van der Waals surface area contributed by atoms with Gasteiger partial charge in [-0.25, -0.2) is 8.78 Å². The van der Waals surface area contributed by atoms with Crippen LogP contribution in [-0.4, -0.2) is 30.4 Å². The Labute approximate surface area is 184 Å². The fourth-order valence-electron chi connectivity index (χ4n) is 3.17. The molecule has 0 radical (unpaired) electrons. The first-order chi connectivity index (χ1) is 14.6. The maximum absolute atomic E-state index is 13.1. The molecule has 0 aliphatic heterocycles. The standard InChI is InChI=1S/C19H19BrF2N6O3/c1-10-16(20)11(2)26(24-10)8-13-5-4-6-14(7-13)23-15(29)9-27-12(3)18(28(30)31)17(25-27)19(21)22/h4-7,19H,8-9H2,1-3H3,(H,23,29). The minimum absolute atomic E-state index is 0.112. The van der Waals surface area contributed by atoms with Gasteiger partial charge in [0.1, 0.15) is 12.2 Å². The van der Waals surface area contributed by atoms with E-state index in [-0.39, 0.29) is 5.69 Å². The van der Waals surface area contributed by atoms with E-state index in [1.807, 2.05) is 24.6 Å². The van der Waals surface area contributed by atoms with Crippen LogP contribution in [0.15, 0.2) is 28.7 Å². The van der Waals surface area contributed by atoms with Crippen molar-refractivity contribution in [3.05, 3.63) is 67.2 Å². The van der Waals surface area contributed by atoms with Gasteiger partial charge in [0.2, 0.25) is 11.6 Å². The van der Waals surface area contributed by atoms with Gasteiger partial charge in [0.05, 0.1) is 27.3 Å². The summed E-state index contributed by atoms with van der Waals surface area (Å²) in [6.07, 6.45) is -3.12. The highest BCUT2D eigenvalue weighted by molar-refractivity contribution is 9.10. The second-order valence-corrected chi connectivity index (χ2v) is 7.72. The fourth-order valence-corrected chi connectivity index (χ4v) is 3.46. The molecule has 31 heavy (non-hydrogen) atoms. The van der Waals surface area contributed by atoms with E-state index in [1.54, 1.807) is 18.2 Å². The average Bonchev–Trinajstić information content (AvgIpc) is 3.14. The summed E-state index contributed by atoms with van der Waals surface area (Å²) in [5.74, 6) is -0.549. The summed E-state index contributed by atoms with van der Waals surface area (Å²) < 4.78 is 29.8. The summed E-state index contributed by atoms with van der Waals surface area (Å²) in [7, 11) is 0. The van der Waals surface area contributed by atoms with Crippen molar-refractivity contribution in [1.82, 2.24) is 19.6 Å². The number of rotatable bonds is 7. The second-order valence-electron chi connectivity index (χ2n) is 6.93. The molecule has 0 unspecified atom stereocenters. The molecule has 9 nitrogen and oxygen atoms in total. The molecule has 1 aromatic carbocycles. The third kappa shape index (κ3) is 4.79. The Hall–Kier alpha value is -3.15. The molecule has 0 saturated carbocycles. The molecule has 12 heteroatoms. The predicted molar refractivity (Wildman–Crippen MR) is 112 cm³/mol. The third-order valence-electron chi connectivity index (χ3n) is 4.72. The Morgan fingerprint density at radius 2 is 1.94 bits per heavy atom. The normalized spacial score (nSPS) is 11.2. The Balaban J connectivity index is 1.74. The van der Waals surface area contributed by atoms with Gasteiger partial charge >= 0.3 is 5.69 Å². The molecule has 0 aliphatic carbocycles. The van der Waals surface area contributed by atoms with Crippen molar-refractivity contribution in [1.29, 1.82) is 0 Å². The molecule has 1 amide bonds. The number of hydrogen-bond donors (Lipinski definition) is 1. The minimum Gasteiger partial charge on any atom is -0.324 e. The lowest BCUT2D eigenvalue weighted by Gasteiger charge is -2.09. The summed E-state index contributed by atoms with van der Waals surface area (Å²) in [5.41, 5.74) is 1.39. The number of nitrogens with zero attached hydrogens (tertiary/aromatic N) is 5. The SMILES string of the molecule is Cc1nn(Cc2cccc(NC(=O)Cn3nc(C(F)F)c([N+](=O)[O-])c3C)c2)c(C)c1Br. The van der Waals surface area contributed by atoms with Crippen LogP contribution in [0.3, 0.4) is 0 Å². The van der Waals surface area contributed by atoms with Crippen LogP contribution in [0.25, 0.3) is 0 Å². The van der Waals surface area contributed by atoms with Gasteiger partial charge in [0, 0.05) is 5.69 Å². The van der Waals surface area contributed by atoms with Gasteiger partial charge in [-0.3, -0.25) is 24.3 Å². The van der Waals surface area contributed by atoms with Crippen molar-refractivity contribution in [3.8, 4) is 0 Å². The monoisotopic (exact) mass is 496 g/mol. The van der Waals surface area contributed by atoms with E-state index < -0.39 is 35.2 Å². The third-order valence-corrected chi connectivity index (χ3v) is 5.87. The van der Waals surface area contributed by atoms with Crippen molar-refractivity contribution in [3.63, 3.8) is 0 Å². The first kappa shape index (κ1) is 22.5.